The Kier molecular flexibility index (Phi) is 4.74. The van der Waals surface area contributed by atoms with E-state index in [4.69, 9.17) is 14.9 Å². The zero-order valence-electron chi connectivity index (χ0n) is 15.0. The van der Waals surface area contributed by atoms with Gasteiger partial charge in [0.1, 0.15) is 17.9 Å². The smallest absolute Gasteiger partial charge is 0.420 e. The van der Waals surface area contributed by atoms with Gasteiger partial charge in [-0.3, -0.25) is 28.1 Å². The SMILES string of the molecule is Cn1c(N)c(C(=O)COC(=O)Cn2c(=O)oc3ccccc32)c(=O)n(C)c1=O. The molecule has 2 aromatic heterocycles. The van der Waals surface area contributed by atoms with E-state index in [-0.39, 0.29) is 5.82 Å². The lowest BCUT2D eigenvalue weighted by molar-refractivity contribution is -0.143. The number of hydrogen-bond acceptors (Lipinski definition) is 8. The highest BCUT2D eigenvalue weighted by Gasteiger charge is 2.22. The van der Waals surface area contributed by atoms with Crippen molar-refractivity contribution in [2.24, 2.45) is 14.1 Å². The molecule has 0 fully saturated rings. The first kappa shape index (κ1) is 18.9. The molecule has 11 nitrogen and oxygen atoms in total. The minimum Gasteiger partial charge on any atom is -0.456 e. The fourth-order valence-electron chi connectivity index (χ4n) is 2.68. The Morgan fingerprint density at radius 3 is 2.50 bits per heavy atom. The third kappa shape index (κ3) is 3.13. The topological polar surface area (TPSA) is 149 Å². The molecule has 0 aliphatic heterocycles. The molecule has 0 amide bonds. The Balaban J connectivity index is 1.78. The van der Waals surface area contributed by atoms with E-state index in [2.05, 4.69) is 0 Å². The van der Waals surface area contributed by atoms with Gasteiger partial charge in [-0.25, -0.2) is 9.59 Å². The molecule has 0 aliphatic carbocycles. The average molecular weight is 388 g/mol. The van der Waals surface area contributed by atoms with Crippen molar-refractivity contribution in [2.75, 3.05) is 12.3 Å². The highest BCUT2D eigenvalue weighted by Crippen LogP contribution is 2.11. The molecule has 0 radical (unpaired) electrons. The fraction of sp³-hybridized carbons (Fsp3) is 0.235. The van der Waals surface area contributed by atoms with Crippen molar-refractivity contribution >= 4 is 28.7 Å². The Labute approximate surface area is 156 Å². The zero-order chi connectivity index (χ0) is 20.6. The maximum atomic E-state index is 12.3. The number of ether oxygens (including phenoxy) is 1. The van der Waals surface area contributed by atoms with Crippen LogP contribution >= 0.6 is 0 Å². The van der Waals surface area contributed by atoms with Crippen LogP contribution in [0.15, 0.2) is 43.1 Å². The second-order valence-electron chi connectivity index (χ2n) is 5.97. The summed E-state index contributed by atoms with van der Waals surface area (Å²) in [6, 6.07) is 6.50. The van der Waals surface area contributed by atoms with E-state index in [9.17, 15) is 24.0 Å². The van der Waals surface area contributed by atoms with Crippen molar-refractivity contribution in [1.82, 2.24) is 13.7 Å². The van der Waals surface area contributed by atoms with Crippen molar-refractivity contribution in [2.45, 2.75) is 6.54 Å². The number of aromatic nitrogens is 3. The number of nitrogens with zero attached hydrogens (tertiary/aromatic N) is 3. The molecule has 0 spiro atoms. The van der Waals surface area contributed by atoms with Crippen molar-refractivity contribution in [1.29, 1.82) is 0 Å². The second-order valence-corrected chi connectivity index (χ2v) is 5.97. The number of nitrogen functional groups attached to an aromatic ring is 1. The number of anilines is 1. The standard InChI is InChI=1S/C17H16N4O7/c1-19-14(18)13(15(24)20(2)16(19)25)10(22)8-27-12(23)7-21-9-5-3-4-6-11(9)28-17(21)26/h3-6H,7-8,18H2,1-2H3. The molecule has 0 unspecified atom stereocenters. The van der Waals surface area contributed by atoms with E-state index in [0.29, 0.717) is 11.1 Å². The Bertz CT molecular complexity index is 1280. The van der Waals surface area contributed by atoms with E-state index in [1.807, 2.05) is 0 Å². The zero-order valence-corrected chi connectivity index (χ0v) is 15.0. The predicted molar refractivity (Wildman–Crippen MR) is 97.1 cm³/mol. The molecular formula is C17H16N4O7. The van der Waals surface area contributed by atoms with E-state index in [0.717, 1.165) is 13.7 Å². The highest BCUT2D eigenvalue weighted by molar-refractivity contribution is 6.01. The number of oxazole rings is 1. The number of para-hydroxylation sites is 2. The average Bonchev–Trinajstić information content (AvgIpc) is 2.98. The Morgan fingerprint density at radius 2 is 1.79 bits per heavy atom. The predicted octanol–water partition coefficient (Wildman–Crippen LogP) is -1.000. The van der Waals surface area contributed by atoms with Gasteiger partial charge in [0, 0.05) is 14.1 Å². The number of rotatable bonds is 5. The van der Waals surface area contributed by atoms with Crippen LogP contribution in [0.3, 0.4) is 0 Å². The lowest BCUT2D eigenvalue weighted by Crippen LogP contribution is -2.42. The van der Waals surface area contributed by atoms with Crippen molar-refractivity contribution in [3.8, 4) is 0 Å². The van der Waals surface area contributed by atoms with Gasteiger partial charge in [0.05, 0.1) is 5.52 Å². The molecule has 3 aromatic rings. The van der Waals surface area contributed by atoms with Crippen LogP contribution in [-0.2, 0) is 30.2 Å². The first-order chi connectivity index (χ1) is 13.2. The van der Waals surface area contributed by atoms with Gasteiger partial charge in [-0.2, -0.15) is 0 Å². The maximum absolute atomic E-state index is 12.3. The number of benzene rings is 1. The number of fused-ring (bicyclic) bond motifs is 1. The van der Waals surface area contributed by atoms with Crippen LogP contribution in [-0.4, -0.2) is 32.1 Å². The van der Waals surface area contributed by atoms with Gasteiger partial charge < -0.3 is 14.9 Å². The molecular weight excluding hydrogens is 372 g/mol. The molecule has 0 atom stereocenters. The monoisotopic (exact) mass is 388 g/mol. The fourth-order valence-corrected chi connectivity index (χ4v) is 2.68. The Hall–Kier alpha value is -3.89. The second kappa shape index (κ2) is 7.02. The minimum atomic E-state index is -0.890. The van der Waals surface area contributed by atoms with E-state index in [1.165, 1.54) is 14.1 Å². The van der Waals surface area contributed by atoms with E-state index >= 15 is 0 Å². The third-order valence-corrected chi connectivity index (χ3v) is 4.21. The number of Topliss-reactive ketones (excluding diaryl/α,β-unsaturated/α-hetero) is 1. The van der Waals surface area contributed by atoms with E-state index in [1.54, 1.807) is 24.3 Å². The summed E-state index contributed by atoms with van der Waals surface area (Å²) in [6.07, 6.45) is 0. The van der Waals surface area contributed by atoms with Gasteiger partial charge >= 0.3 is 17.4 Å². The number of carbonyl (C=O) groups is 2. The number of carbonyl (C=O) groups excluding carboxylic acids is 2. The highest BCUT2D eigenvalue weighted by atomic mass is 16.5. The van der Waals surface area contributed by atoms with Crippen LogP contribution in [0.5, 0.6) is 0 Å². The molecule has 28 heavy (non-hydrogen) atoms. The lowest BCUT2D eigenvalue weighted by atomic mass is 10.2. The van der Waals surface area contributed by atoms with Crippen LogP contribution in [0.4, 0.5) is 5.82 Å². The normalized spacial score (nSPS) is 10.9. The molecule has 2 heterocycles. The molecule has 0 saturated carbocycles. The Morgan fingerprint density at radius 1 is 1.11 bits per heavy atom. The molecule has 3 rings (SSSR count). The van der Waals surface area contributed by atoms with Gasteiger partial charge in [0.2, 0.25) is 5.78 Å². The molecule has 0 aliphatic rings. The quantitative estimate of drug-likeness (QED) is 0.432. The van der Waals surface area contributed by atoms with Gasteiger partial charge in [-0.05, 0) is 12.1 Å². The summed E-state index contributed by atoms with van der Waals surface area (Å²) in [7, 11) is 2.50. The summed E-state index contributed by atoms with van der Waals surface area (Å²) in [5.74, 6) is -2.83. The van der Waals surface area contributed by atoms with Gasteiger partial charge in [-0.15, -0.1) is 0 Å². The third-order valence-electron chi connectivity index (χ3n) is 4.21. The summed E-state index contributed by atoms with van der Waals surface area (Å²) in [4.78, 5) is 60.2. The number of esters is 1. The van der Waals surface area contributed by atoms with Crippen LogP contribution in [0.1, 0.15) is 10.4 Å². The van der Waals surface area contributed by atoms with Gasteiger partial charge in [0.25, 0.3) is 5.56 Å². The number of ketones is 1. The first-order valence-electron chi connectivity index (χ1n) is 8.05. The van der Waals surface area contributed by atoms with E-state index < -0.39 is 47.5 Å². The maximum Gasteiger partial charge on any atom is 0.420 e. The molecule has 0 bridgehead atoms. The summed E-state index contributed by atoms with van der Waals surface area (Å²) < 4.78 is 12.6. The lowest BCUT2D eigenvalue weighted by Gasteiger charge is -2.11. The molecule has 11 heteroatoms. The van der Waals surface area contributed by atoms with Crippen molar-refractivity contribution in [3.63, 3.8) is 0 Å². The molecule has 0 saturated heterocycles. The van der Waals surface area contributed by atoms with Gasteiger partial charge in [0.15, 0.2) is 12.2 Å². The number of hydrogen-bond donors (Lipinski definition) is 1. The largest absolute Gasteiger partial charge is 0.456 e. The number of nitrogens with two attached hydrogens (primary N) is 1. The minimum absolute atomic E-state index is 0.304. The van der Waals surface area contributed by atoms with Gasteiger partial charge in [-0.1, -0.05) is 12.1 Å². The first-order valence-corrected chi connectivity index (χ1v) is 8.05. The molecule has 1 aromatic carbocycles. The summed E-state index contributed by atoms with van der Waals surface area (Å²) in [6.45, 7) is -1.26. The summed E-state index contributed by atoms with van der Waals surface area (Å²) in [5, 5.41) is 0. The van der Waals surface area contributed by atoms with Crippen LogP contribution < -0.4 is 22.7 Å². The molecule has 146 valence electrons. The van der Waals surface area contributed by atoms with Crippen molar-refractivity contribution in [3.05, 3.63) is 61.2 Å². The van der Waals surface area contributed by atoms with Crippen LogP contribution in [0, 0.1) is 0 Å². The van der Waals surface area contributed by atoms with Crippen LogP contribution in [0.2, 0.25) is 0 Å². The van der Waals surface area contributed by atoms with Crippen LogP contribution in [0.25, 0.3) is 11.1 Å². The summed E-state index contributed by atoms with van der Waals surface area (Å²) >= 11 is 0. The van der Waals surface area contributed by atoms with Crippen molar-refractivity contribution < 1.29 is 18.7 Å². The molecule has 2 N–H and O–H groups in total. The summed E-state index contributed by atoms with van der Waals surface area (Å²) in [5.41, 5.74) is 4.34.